The van der Waals surface area contributed by atoms with E-state index in [0.29, 0.717) is 0 Å². The molecule has 0 amide bonds. The Morgan fingerprint density at radius 2 is 1.18 bits per heavy atom. The Morgan fingerprint density at radius 1 is 0.727 bits per heavy atom. The quantitative estimate of drug-likeness (QED) is 0.467. The topological polar surface area (TPSA) is 0 Å². The molecule has 68 valence electrons. The molecule has 0 rings (SSSR count). The van der Waals surface area contributed by atoms with Gasteiger partial charge in [-0.05, 0) is 0 Å². The Labute approximate surface area is 85.6 Å². The summed E-state index contributed by atoms with van der Waals surface area (Å²) in [6, 6.07) is 0. The Hall–Kier alpha value is 0.818. The van der Waals surface area contributed by atoms with Crippen molar-refractivity contribution in [3.63, 3.8) is 0 Å². The van der Waals surface area contributed by atoms with Crippen LogP contribution in [0.2, 0.25) is 4.37 Å². The van der Waals surface area contributed by atoms with Gasteiger partial charge in [0.1, 0.15) is 0 Å². The van der Waals surface area contributed by atoms with Gasteiger partial charge in [0.25, 0.3) is 0 Å². The van der Waals surface area contributed by atoms with E-state index in [9.17, 15) is 0 Å². The molecule has 0 N–H and O–H groups in total. The van der Waals surface area contributed by atoms with Gasteiger partial charge in [-0.25, -0.2) is 0 Å². The van der Waals surface area contributed by atoms with E-state index in [2.05, 4.69) is 6.92 Å². The van der Waals surface area contributed by atoms with Crippen molar-refractivity contribution >= 4 is 23.0 Å². The van der Waals surface area contributed by atoms with Gasteiger partial charge in [-0.1, -0.05) is 0 Å². The van der Waals surface area contributed by atoms with Gasteiger partial charge in [0, 0.05) is 0 Å². The number of hydrogen-bond donors (Lipinski definition) is 0. The molecule has 0 unspecified atom stereocenters. The molecule has 0 aliphatic carbocycles. The van der Waals surface area contributed by atoms with Crippen LogP contribution in [-0.4, -0.2) is 23.0 Å². The number of rotatable bonds is 8. The van der Waals surface area contributed by atoms with Crippen LogP contribution in [0.5, 0.6) is 0 Å². The molecule has 0 saturated heterocycles. The van der Waals surface area contributed by atoms with E-state index < -0.39 is 0 Å². The van der Waals surface area contributed by atoms with E-state index >= 15 is 0 Å². The minimum absolute atomic E-state index is 1.38. The zero-order chi connectivity index (χ0) is 8.36. The number of unbranched alkanes of at least 4 members (excludes halogenated alkanes) is 7. The fraction of sp³-hybridized carbons (Fsp3) is 1.00. The second-order valence-corrected chi connectivity index (χ2v) is 4.91. The van der Waals surface area contributed by atoms with Crippen LogP contribution in [-0.2, 0) is 0 Å². The molecule has 0 spiro atoms. The molecule has 0 heterocycles. The maximum absolute atomic E-state index is 2.28. The summed E-state index contributed by atoms with van der Waals surface area (Å²) in [6.07, 6.45) is 11.7. The average Bonchev–Trinajstić information content (AvgIpc) is 2.03. The van der Waals surface area contributed by atoms with Crippen molar-refractivity contribution in [2.45, 2.75) is 62.7 Å². The first-order valence-corrected chi connectivity index (χ1v) is 7.45. The van der Waals surface area contributed by atoms with Gasteiger partial charge in [-0.2, -0.15) is 0 Å². The van der Waals surface area contributed by atoms with Crippen molar-refractivity contribution in [2.24, 2.45) is 0 Å². The molecular formula is C10H23Sb. The zero-order valence-electron chi connectivity index (χ0n) is 7.94. The van der Waals surface area contributed by atoms with Crippen LogP contribution in [0.3, 0.4) is 0 Å². The van der Waals surface area contributed by atoms with Gasteiger partial charge in [-0.15, -0.1) is 0 Å². The van der Waals surface area contributed by atoms with Gasteiger partial charge >= 0.3 is 85.7 Å². The van der Waals surface area contributed by atoms with E-state index in [1.807, 2.05) is 0 Å². The molecule has 0 atom stereocenters. The molecule has 0 bridgehead atoms. The molecule has 0 aromatic heterocycles. The summed E-state index contributed by atoms with van der Waals surface area (Å²) in [4.78, 5) is 0. The SMILES string of the molecule is CCCCCCCCC[CH2][SbH2]. The predicted octanol–water partition coefficient (Wildman–Crippen LogP) is 3.18. The van der Waals surface area contributed by atoms with E-state index in [1.54, 1.807) is 0 Å². The van der Waals surface area contributed by atoms with E-state index in [4.69, 9.17) is 0 Å². The summed E-state index contributed by atoms with van der Waals surface area (Å²) in [5.41, 5.74) is 0. The van der Waals surface area contributed by atoms with Crippen LogP contribution >= 0.6 is 0 Å². The van der Waals surface area contributed by atoms with Crippen LogP contribution in [0.25, 0.3) is 0 Å². The fourth-order valence-corrected chi connectivity index (χ4v) is 2.10. The summed E-state index contributed by atoms with van der Waals surface area (Å²) in [6.45, 7) is 2.28. The van der Waals surface area contributed by atoms with Crippen LogP contribution < -0.4 is 0 Å². The molecule has 0 radical (unpaired) electrons. The monoisotopic (exact) mass is 264 g/mol. The zero-order valence-corrected chi connectivity index (χ0v) is 11.2. The molecule has 0 saturated carbocycles. The van der Waals surface area contributed by atoms with E-state index in [0.717, 1.165) is 0 Å². The molecular weight excluding hydrogens is 242 g/mol. The van der Waals surface area contributed by atoms with E-state index in [1.165, 1.54) is 78.8 Å². The normalized spacial score (nSPS) is 10.4. The predicted molar refractivity (Wildman–Crippen MR) is 56.0 cm³/mol. The van der Waals surface area contributed by atoms with Gasteiger partial charge in [0.2, 0.25) is 0 Å². The Morgan fingerprint density at radius 3 is 1.64 bits per heavy atom. The Balaban J connectivity index is 2.69. The summed E-state index contributed by atoms with van der Waals surface area (Å²) >= 11 is 1.46. The van der Waals surface area contributed by atoms with Crippen molar-refractivity contribution in [3.8, 4) is 0 Å². The van der Waals surface area contributed by atoms with Crippen molar-refractivity contribution in [2.75, 3.05) is 0 Å². The Kier molecular flexibility index (Phi) is 11.6. The standard InChI is InChI=1S/C10H21.Sb.2H/c1-3-5-7-9-10-8-6-4-2;;;/h1,3-10H2,2H3;;;. The maximum atomic E-state index is 2.28. The van der Waals surface area contributed by atoms with E-state index in [-0.39, 0.29) is 0 Å². The van der Waals surface area contributed by atoms with Crippen molar-refractivity contribution in [1.82, 2.24) is 0 Å². The third-order valence-corrected chi connectivity index (χ3v) is 3.22. The van der Waals surface area contributed by atoms with Crippen molar-refractivity contribution in [1.29, 1.82) is 0 Å². The average molecular weight is 265 g/mol. The molecule has 0 aromatic rings. The molecule has 0 fully saturated rings. The van der Waals surface area contributed by atoms with Crippen molar-refractivity contribution in [3.05, 3.63) is 0 Å². The third-order valence-electron chi connectivity index (χ3n) is 2.06. The third kappa shape index (κ3) is 10.8. The van der Waals surface area contributed by atoms with Crippen molar-refractivity contribution < 1.29 is 0 Å². The molecule has 11 heavy (non-hydrogen) atoms. The van der Waals surface area contributed by atoms with Gasteiger partial charge in [0.05, 0.1) is 0 Å². The second kappa shape index (κ2) is 10.8. The molecule has 1 heteroatoms. The second-order valence-electron chi connectivity index (χ2n) is 3.26. The number of hydrogen-bond acceptors (Lipinski definition) is 0. The summed E-state index contributed by atoms with van der Waals surface area (Å²) in [5.74, 6) is 0. The summed E-state index contributed by atoms with van der Waals surface area (Å²) in [5, 5.41) is 0. The van der Waals surface area contributed by atoms with Crippen LogP contribution in [0.4, 0.5) is 0 Å². The molecule has 0 aliphatic rings. The molecule has 0 aromatic carbocycles. The summed E-state index contributed by atoms with van der Waals surface area (Å²) in [7, 11) is 0. The van der Waals surface area contributed by atoms with Gasteiger partial charge in [0.15, 0.2) is 0 Å². The van der Waals surface area contributed by atoms with Crippen LogP contribution in [0.1, 0.15) is 58.3 Å². The fourth-order valence-electron chi connectivity index (χ4n) is 1.28. The van der Waals surface area contributed by atoms with Crippen LogP contribution in [0.15, 0.2) is 0 Å². The van der Waals surface area contributed by atoms with Gasteiger partial charge in [-0.3, -0.25) is 0 Å². The minimum atomic E-state index is 1.38. The first-order chi connectivity index (χ1) is 5.41. The Bertz CT molecular complexity index is 53.9. The first kappa shape index (κ1) is 11.8. The van der Waals surface area contributed by atoms with Gasteiger partial charge < -0.3 is 0 Å². The molecule has 0 nitrogen and oxygen atoms in total. The molecule has 0 aliphatic heterocycles. The summed E-state index contributed by atoms with van der Waals surface area (Å²) < 4.78 is 1.50. The first-order valence-electron chi connectivity index (χ1n) is 5.12. The van der Waals surface area contributed by atoms with Crippen LogP contribution in [0, 0.1) is 0 Å².